The van der Waals surface area contributed by atoms with Gasteiger partial charge >= 0.3 is 11.9 Å². The van der Waals surface area contributed by atoms with Crippen molar-refractivity contribution in [2.75, 3.05) is 0 Å². The predicted octanol–water partition coefficient (Wildman–Crippen LogP) is 13.4. The van der Waals surface area contributed by atoms with Gasteiger partial charge in [-0.05, 0) is 179 Å². The number of aryl methyl sites for hydroxylation is 1. The number of aromatic nitrogens is 1. The average molecular weight is 816 g/mol. The Morgan fingerprint density at radius 3 is 1.62 bits per heavy atom. The molecule has 0 amide bonds. The summed E-state index contributed by atoms with van der Waals surface area (Å²) in [5.41, 5.74) is 18.0. The highest BCUT2D eigenvalue weighted by Crippen LogP contribution is 2.69. The van der Waals surface area contributed by atoms with Gasteiger partial charge < -0.3 is 10.2 Å². The van der Waals surface area contributed by atoms with Crippen molar-refractivity contribution < 1.29 is 19.8 Å². The van der Waals surface area contributed by atoms with Crippen LogP contribution in [0.1, 0.15) is 191 Å². The Kier molecular flexibility index (Phi) is 9.63. The molecule has 4 aromatic rings. The maximum atomic E-state index is 11.1. The lowest BCUT2D eigenvalue weighted by atomic mass is 9.62. The summed E-state index contributed by atoms with van der Waals surface area (Å²) >= 11 is 0. The number of hydrogen-bond donors (Lipinski definition) is 2. The van der Waals surface area contributed by atoms with Crippen molar-refractivity contribution in [1.82, 2.24) is 4.98 Å². The van der Waals surface area contributed by atoms with Crippen molar-refractivity contribution in [2.24, 2.45) is 11.8 Å². The van der Waals surface area contributed by atoms with Gasteiger partial charge in [0.25, 0.3) is 0 Å². The first-order valence-corrected chi connectivity index (χ1v) is 22.9. The van der Waals surface area contributed by atoms with Crippen LogP contribution >= 0.6 is 0 Å². The molecule has 2 N–H and O–H groups in total. The molecule has 61 heavy (non-hydrogen) atoms. The number of allylic oxidation sites excluding steroid dienone is 2. The molecular weight excluding hydrogens is 751 g/mol. The zero-order valence-electron chi connectivity index (χ0n) is 38.0. The van der Waals surface area contributed by atoms with E-state index in [1.807, 2.05) is 18.2 Å². The van der Waals surface area contributed by atoms with E-state index < -0.39 is 11.9 Å². The van der Waals surface area contributed by atoms with Crippen LogP contribution in [0.5, 0.6) is 0 Å². The summed E-state index contributed by atoms with van der Waals surface area (Å²) < 4.78 is 0. The molecule has 3 aromatic carbocycles. The van der Waals surface area contributed by atoms with Gasteiger partial charge in [-0.25, -0.2) is 9.59 Å². The zero-order valence-corrected chi connectivity index (χ0v) is 38.0. The quantitative estimate of drug-likeness (QED) is 0.202. The molecule has 0 spiro atoms. The molecule has 4 saturated carbocycles. The SMILES string of the molecule is CC1(C)CCC(C)(C)c2cc(C34CC/C(=C\c5ccc(C(=O)O)cc5)C3C4)ccc21.Cc1cc2c(cc1C13CC/C(=C\c4ccc(C(=O)O)cn4)C1C3)C(C)(C)CCC2(C)C. The van der Waals surface area contributed by atoms with E-state index >= 15 is 0 Å². The second-order valence-corrected chi connectivity index (χ2v) is 22.5. The minimum absolute atomic E-state index is 0.238. The second kappa shape index (κ2) is 14.1. The largest absolute Gasteiger partial charge is 0.478 e. The highest BCUT2D eigenvalue weighted by molar-refractivity contribution is 5.88. The van der Waals surface area contributed by atoms with E-state index in [1.165, 1.54) is 74.3 Å². The number of nitrogens with zero attached hydrogens (tertiary/aromatic N) is 1. The molecule has 5 heteroatoms. The topological polar surface area (TPSA) is 87.5 Å². The number of carbonyl (C=O) groups is 2. The van der Waals surface area contributed by atoms with Crippen molar-refractivity contribution in [3.63, 3.8) is 0 Å². The van der Waals surface area contributed by atoms with Gasteiger partial charge in [0.1, 0.15) is 0 Å². The number of pyridine rings is 1. The lowest BCUT2D eigenvalue weighted by Gasteiger charge is -2.43. The van der Waals surface area contributed by atoms with Crippen LogP contribution in [0, 0.1) is 18.8 Å². The summed E-state index contributed by atoms with van der Waals surface area (Å²) in [5.74, 6) is -0.545. The Hall–Kier alpha value is -4.77. The summed E-state index contributed by atoms with van der Waals surface area (Å²) in [6, 6.07) is 23.2. The van der Waals surface area contributed by atoms with Crippen LogP contribution in [0.15, 0.2) is 84.1 Å². The fraction of sp³-hybridized carbons (Fsp3) is 0.482. The fourth-order valence-electron chi connectivity index (χ4n) is 12.4. The molecule has 318 valence electrons. The van der Waals surface area contributed by atoms with Crippen LogP contribution in [0.25, 0.3) is 12.2 Å². The van der Waals surface area contributed by atoms with E-state index in [-0.39, 0.29) is 27.2 Å². The van der Waals surface area contributed by atoms with Gasteiger partial charge in [-0.15, -0.1) is 0 Å². The van der Waals surface area contributed by atoms with Gasteiger partial charge in [-0.1, -0.05) is 115 Å². The van der Waals surface area contributed by atoms with Gasteiger partial charge in [0, 0.05) is 17.0 Å². The van der Waals surface area contributed by atoms with Crippen LogP contribution < -0.4 is 0 Å². The molecule has 10 rings (SSSR count). The number of fused-ring (bicyclic) bond motifs is 4. The van der Waals surface area contributed by atoms with Crippen molar-refractivity contribution in [1.29, 1.82) is 0 Å². The molecule has 0 bridgehead atoms. The molecule has 4 unspecified atom stereocenters. The molecule has 1 heterocycles. The standard InChI is InChI=1S/C28H33NO2.C28H32O2/c1-17-12-22-23(27(4,5)11-10-26(22,2)3)14-21(17)28-9-8-18(24(28)15-28)13-20-7-6-19(16-29-20)25(30)31;1-26(2)13-14-27(3,4)23-16-21(9-10-22(23)26)28-12-11-20(24(28)17-28)15-18-5-7-19(8-6-18)25(29)30/h6-7,12-14,16,24H,8-11,15H2,1-5H3,(H,30,31);5-10,15-16,24H,11-14,17H2,1-4H3,(H,29,30)/b18-13+;20-15+. The number of carboxylic acids is 2. The van der Waals surface area contributed by atoms with E-state index in [1.54, 1.807) is 51.6 Å². The third-order valence-electron chi connectivity index (χ3n) is 16.8. The molecule has 0 radical (unpaired) electrons. The molecule has 5 nitrogen and oxygen atoms in total. The molecule has 0 aliphatic heterocycles. The van der Waals surface area contributed by atoms with E-state index in [0.717, 1.165) is 24.1 Å². The first-order chi connectivity index (χ1) is 28.7. The fourth-order valence-corrected chi connectivity index (χ4v) is 12.4. The Bertz CT molecular complexity index is 2510. The Balaban J connectivity index is 0.000000156. The summed E-state index contributed by atoms with van der Waals surface area (Å²) in [6.07, 6.45) is 18.2. The van der Waals surface area contributed by atoms with Crippen molar-refractivity contribution in [3.8, 4) is 0 Å². The molecular formula is C56H65NO4. The lowest BCUT2D eigenvalue weighted by molar-refractivity contribution is 0.0686. The Morgan fingerprint density at radius 2 is 1.07 bits per heavy atom. The number of benzene rings is 3. The molecule has 6 aliphatic rings. The van der Waals surface area contributed by atoms with Gasteiger partial charge in [-0.3, -0.25) is 4.98 Å². The van der Waals surface area contributed by atoms with Crippen molar-refractivity contribution >= 4 is 24.1 Å². The zero-order chi connectivity index (χ0) is 43.5. The first-order valence-electron chi connectivity index (χ1n) is 22.9. The Morgan fingerprint density at radius 1 is 0.557 bits per heavy atom. The van der Waals surface area contributed by atoms with Gasteiger partial charge in [0.05, 0.1) is 16.8 Å². The highest BCUT2D eigenvalue weighted by Gasteiger charge is 2.61. The normalized spacial score (nSPS) is 29.1. The number of hydrogen-bond acceptors (Lipinski definition) is 3. The molecule has 4 fully saturated rings. The van der Waals surface area contributed by atoms with Crippen molar-refractivity contribution in [3.05, 3.63) is 145 Å². The maximum Gasteiger partial charge on any atom is 0.337 e. The second-order valence-electron chi connectivity index (χ2n) is 22.5. The average Bonchev–Trinajstić information content (AvgIpc) is 4.08. The summed E-state index contributed by atoms with van der Waals surface area (Å²) in [5, 5.41) is 18.2. The number of rotatable bonds is 6. The molecule has 0 saturated heterocycles. The van der Waals surface area contributed by atoms with E-state index in [2.05, 4.69) is 110 Å². The molecule has 1 aromatic heterocycles. The molecule has 6 aliphatic carbocycles. The van der Waals surface area contributed by atoms with Crippen LogP contribution in [0.2, 0.25) is 0 Å². The van der Waals surface area contributed by atoms with Gasteiger partial charge in [-0.2, -0.15) is 0 Å². The Labute approximate surface area is 363 Å². The van der Waals surface area contributed by atoms with E-state index in [9.17, 15) is 9.59 Å². The van der Waals surface area contributed by atoms with Crippen LogP contribution in [0.3, 0.4) is 0 Å². The third-order valence-corrected chi connectivity index (χ3v) is 16.8. The monoisotopic (exact) mass is 815 g/mol. The summed E-state index contributed by atoms with van der Waals surface area (Å²) in [6.45, 7) is 21.5. The van der Waals surface area contributed by atoms with Gasteiger partial charge in [0.15, 0.2) is 0 Å². The summed E-state index contributed by atoms with van der Waals surface area (Å²) in [7, 11) is 0. The lowest BCUT2D eigenvalue weighted by Crippen LogP contribution is -2.34. The smallest absolute Gasteiger partial charge is 0.337 e. The minimum atomic E-state index is -0.928. The van der Waals surface area contributed by atoms with Crippen molar-refractivity contribution in [2.45, 2.75) is 159 Å². The van der Waals surface area contributed by atoms with E-state index in [0.29, 0.717) is 28.2 Å². The third kappa shape index (κ3) is 7.12. The predicted molar refractivity (Wildman–Crippen MR) is 247 cm³/mol. The van der Waals surface area contributed by atoms with E-state index in [4.69, 9.17) is 10.2 Å². The molecule has 4 atom stereocenters. The van der Waals surface area contributed by atoms with Gasteiger partial charge in [0.2, 0.25) is 0 Å². The minimum Gasteiger partial charge on any atom is -0.478 e. The van der Waals surface area contributed by atoms with Crippen LogP contribution in [-0.4, -0.2) is 27.1 Å². The van der Waals surface area contributed by atoms with Crippen LogP contribution in [-0.2, 0) is 32.5 Å². The highest BCUT2D eigenvalue weighted by atomic mass is 16.4. The first kappa shape index (κ1) is 41.6. The van der Waals surface area contributed by atoms with Crippen LogP contribution in [0.4, 0.5) is 0 Å². The number of carboxylic acid groups (broad SMARTS) is 2. The summed E-state index contributed by atoms with van der Waals surface area (Å²) in [4.78, 5) is 26.5. The maximum absolute atomic E-state index is 11.1. The number of aromatic carboxylic acids is 2.